The van der Waals surface area contributed by atoms with Gasteiger partial charge in [-0.1, -0.05) is 13.3 Å². The lowest BCUT2D eigenvalue weighted by molar-refractivity contribution is 0.101. The van der Waals surface area contributed by atoms with Gasteiger partial charge in [-0.3, -0.25) is 4.79 Å². The Balaban J connectivity index is 1.80. The Labute approximate surface area is 155 Å². The number of nitrogens with zero attached hydrogens (tertiary/aromatic N) is 1. The first kappa shape index (κ1) is 17.0. The van der Waals surface area contributed by atoms with E-state index in [1.54, 1.807) is 18.2 Å². The summed E-state index contributed by atoms with van der Waals surface area (Å²) in [4.78, 5) is 12.6. The van der Waals surface area contributed by atoms with Crippen molar-refractivity contribution in [1.29, 1.82) is 0 Å². The summed E-state index contributed by atoms with van der Waals surface area (Å²) < 4.78 is 7.66. The van der Waals surface area contributed by atoms with E-state index >= 15 is 0 Å². The summed E-state index contributed by atoms with van der Waals surface area (Å²) in [7, 11) is 0. The van der Waals surface area contributed by atoms with Crippen LogP contribution >= 0.6 is 0 Å². The molecule has 4 rings (SSSR count). The van der Waals surface area contributed by atoms with Crippen LogP contribution in [0.3, 0.4) is 0 Å². The van der Waals surface area contributed by atoms with Crippen molar-refractivity contribution in [2.45, 2.75) is 26.3 Å². The number of phenolic OH excluding ortho intramolecular Hbond substituents is 3. The van der Waals surface area contributed by atoms with Crippen LogP contribution in [0.25, 0.3) is 17.0 Å². The van der Waals surface area contributed by atoms with Crippen molar-refractivity contribution in [2.75, 3.05) is 0 Å². The van der Waals surface area contributed by atoms with Gasteiger partial charge in [0, 0.05) is 41.3 Å². The lowest BCUT2D eigenvalue weighted by Crippen LogP contribution is -1.98. The lowest BCUT2D eigenvalue weighted by atomic mass is 10.1. The van der Waals surface area contributed by atoms with Gasteiger partial charge in [0.05, 0.1) is 0 Å². The molecule has 0 fully saturated rings. The van der Waals surface area contributed by atoms with E-state index < -0.39 is 5.78 Å². The zero-order valence-corrected chi connectivity index (χ0v) is 14.8. The number of ketones is 1. The predicted octanol–water partition coefficient (Wildman–Crippen LogP) is 4.17. The molecule has 0 saturated heterocycles. The number of rotatable bonds is 4. The van der Waals surface area contributed by atoms with Crippen molar-refractivity contribution in [3.05, 3.63) is 53.4 Å². The number of phenols is 3. The van der Waals surface area contributed by atoms with Crippen LogP contribution in [0.1, 0.15) is 35.7 Å². The number of carbonyl (C=O) groups is 1. The molecular weight excluding hydrogens is 346 g/mol. The maximum atomic E-state index is 12.6. The summed E-state index contributed by atoms with van der Waals surface area (Å²) in [6.45, 7) is 2.94. The van der Waals surface area contributed by atoms with Gasteiger partial charge in [-0.05, 0) is 30.7 Å². The lowest BCUT2D eigenvalue weighted by Gasteiger charge is -2.03. The number of carbonyl (C=O) groups excluding carboxylic acids is 1. The van der Waals surface area contributed by atoms with Crippen LogP contribution in [0.5, 0.6) is 23.0 Å². The Morgan fingerprint density at radius 2 is 1.93 bits per heavy atom. The molecule has 1 aromatic heterocycles. The van der Waals surface area contributed by atoms with E-state index in [1.807, 2.05) is 12.3 Å². The van der Waals surface area contributed by atoms with Gasteiger partial charge in [-0.2, -0.15) is 0 Å². The third kappa shape index (κ3) is 2.89. The van der Waals surface area contributed by atoms with Crippen molar-refractivity contribution in [2.24, 2.45) is 0 Å². The number of hydrogen-bond acceptors (Lipinski definition) is 5. The first-order valence-corrected chi connectivity index (χ1v) is 8.80. The number of aromatic nitrogens is 1. The van der Waals surface area contributed by atoms with E-state index in [2.05, 4.69) is 11.5 Å². The van der Waals surface area contributed by atoms with E-state index in [1.165, 1.54) is 6.07 Å². The summed E-state index contributed by atoms with van der Waals surface area (Å²) in [5.74, 6) is -0.620. The van der Waals surface area contributed by atoms with Crippen molar-refractivity contribution >= 4 is 22.8 Å². The zero-order valence-electron chi connectivity index (χ0n) is 14.8. The highest BCUT2D eigenvalue weighted by molar-refractivity contribution is 6.16. The Hall–Kier alpha value is -3.41. The van der Waals surface area contributed by atoms with Crippen LogP contribution in [-0.4, -0.2) is 25.7 Å². The SMILES string of the molecule is CCCCn1cc(/C=C2\Oc3cc(O)cc(O)c3C2=O)c2cc(O)ccc21. The number of Topliss-reactive ketones (excluding diaryl/α,β-unsaturated/α-hetero) is 1. The maximum absolute atomic E-state index is 12.6. The molecule has 138 valence electrons. The minimum atomic E-state index is -0.447. The molecular formula is C21H19NO5. The Kier molecular flexibility index (Phi) is 4.03. The molecule has 6 nitrogen and oxygen atoms in total. The molecule has 0 atom stereocenters. The molecule has 0 unspecified atom stereocenters. The summed E-state index contributed by atoms with van der Waals surface area (Å²) in [6, 6.07) is 7.54. The first-order valence-electron chi connectivity index (χ1n) is 8.80. The van der Waals surface area contributed by atoms with Gasteiger partial charge in [0.15, 0.2) is 5.76 Å². The minimum absolute atomic E-state index is 0.0385. The molecule has 0 bridgehead atoms. The topological polar surface area (TPSA) is 91.9 Å². The number of unbranched alkanes of at least 4 members (excludes halogenated alkanes) is 1. The first-order chi connectivity index (χ1) is 13.0. The van der Waals surface area contributed by atoms with Crippen molar-refractivity contribution in [3.8, 4) is 23.0 Å². The van der Waals surface area contributed by atoms with E-state index in [0.717, 1.165) is 41.9 Å². The smallest absolute Gasteiger partial charge is 0.235 e. The molecule has 27 heavy (non-hydrogen) atoms. The Morgan fingerprint density at radius 1 is 1.11 bits per heavy atom. The quantitative estimate of drug-likeness (QED) is 0.604. The molecule has 3 N–H and O–H groups in total. The molecule has 0 radical (unpaired) electrons. The third-order valence-electron chi connectivity index (χ3n) is 4.67. The van der Waals surface area contributed by atoms with Crippen LogP contribution in [0.2, 0.25) is 0 Å². The summed E-state index contributed by atoms with van der Waals surface area (Å²) in [5, 5.41) is 30.2. The van der Waals surface area contributed by atoms with Crippen LogP contribution in [0.15, 0.2) is 42.3 Å². The number of aromatic hydroxyl groups is 3. The normalized spacial score (nSPS) is 14.7. The van der Waals surface area contributed by atoms with Crippen LogP contribution < -0.4 is 4.74 Å². The molecule has 1 aliphatic heterocycles. The second-order valence-electron chi connectivity index (χ2n) is 6.61. The molecule has 0 amide bonds. The van der Waals surface area contributed by atoms with Gasteiger partial charge < -0.3 is 24.6 Å². The average molecular weight is 365 g/mol. The minimum Gasteiger partial charge on any atom is -0.508 e. The Morgan fingerprint density at radius 3 is 2.70 bits per heavy atom. The number of hydrogen-bond donors (Lipinski definition) is 3. The van der Waals surface area contributed by atoms with Gasteiger partial charge in [-0.15, -0.1) is 0 Å². The van der Waals surface area contributed by atoms with Crippen molar-refractivity contribution in [1.82, 2.24) is 4.57 Å². The van der Waals surface area contributed by atoms with Crippen molar-refractivity contribution in [3.63, 3.8) is 0 Å². The largest absolute Gasteiger partial charge is 0.508 e. The molecule has 0 spiro atoms. The second-order valence-corrected chi connectivity index (χ2v) is 6.61. The fourth-order valence-electron chi connectivity index (χ4n) is 3.36. The highest BCUT2D eigenvalue weighted by atomic mass is 16.5. The summed E-state index contributed by atoms with van der Waals surface area (Å²) in [6.07, 6.45) is 5.58. The summed E-state index contributed by atoms with van der Waals surface area (Å²) in [5.41, 5.74) is 1.73. The molecule has 1 aliphatic rings. The third-order valence-corrected chi connectivity index (χ3v) is 4.67. The molecule has 2 heterocycles. The van der Waals surface area contributed by atoms with E-state index in [-0.39, 0.29) is 34.3 Å². The molecule has 3 aromatic rings. The number of fused-ring (bicyclic) bond motifs is 2. The van der Waals surface area contributed by atoms with Crippen LogP contribution in [-0.2, 0) is 6.54 Å². The standard InChI is InChI=1S/C21H19NO5/c1-2-3-6-22-11-12(15-8-13(23)4-5-16(15)22)7-19-21(26)20-17(25)9-14(24)10-18(20)27-19/h4-5,7-11,23-25H,2-3,6H2,1H3/b19-7-. The Bertz CT molecular complexity index is 1090. The van der Waals surface area contributed by atoms with E-state index in [0.29, 0.717) is 0 Å². The van der Waals surface area contributed by atoms with Gasteiger partial charge in [-0.25, -0.2) is 0 Å². The number of ether oxygens (including phenoxy) is 1. The monoisotopic (exact) mass is 365 g/mol. The van der Waals surface area contributed by atoms with Crippen LogP contribution in [0.4, 0.5) is 0 Å². The zero-order chi connectivity index (χ0) is 19.1. The van der Waals surface area contributed by atoms with Gasteiger partial charge >= 0.3 is 0 Å². The molecule has 0 aliphatic carbocycles. The maximum Gasteiger partial charge on any atom is 0.235 e. The number of aryl methyl sites for hydroxylation is 1. The number of allylic oxidation sites excluding steroid dienone is 1. The highest BCUT2D eigenvalue weighted by Crippen LogP contribution is 2.41. The van der Waals surface area contributed by atoms with Gasteiger partial charge in [0.1, 0.15) is 28.6 Å². The van der Waals surface area contributed by atoms with Gasteiger partial charge in [0.25, 0.3) is 0 Å². The van der Waals surface area contributed by atoms with E-state index in [4.69, 9.17) is 4.74 Å². The fraction of sp³-hybridized carbons (Fsp3) is 0.190. The van der Waals surface area contributed by atoms with E-state index in [9.17, 15) is 20.1 Å². The van der Waals surface area contributed by atoms with Gasteiger partial charge in [0.2, 0.25) is 5.78 Å². The molecule has 0 saturated carbocycles. The number of benzene rings is 2. The molecule has 2 aromatic carbocycles. The second kappa shape index (κ2) is 6.39. The van der Waals surface area contributed by atoms with Crippen molar-refractivity contribution < 1.29 is 24.9 Å². The van der Waals surface area contributed by atoms with Crippen LogP contribution in [0, 0.1) is 0 Å². The fourth-order valence-corrected chi connectivity index (χ4v) is 3.36. The molecule has 6 heteroatoms. The highest BCUT2D eigenvalue weighted by Gasteiger charge is 2.31. The predicted molar refractivity (Wildman–Crippen MR) is 101 cm³/mol. The summed E-state index contributed by atoms with van der Waals surface area (Å²) >= 11 is 0. The average Bonchev–Trinajstić information content (AvgIpc) is 3.11.